The first-order chi connectivity index (χ1) is 11.6. The van der Waals surface area contributed by atoms with Crippen molar-refractivity contribution < 1.29 is 9.53 Å². The molecule has 0 radical (unpaired) electrons. The Morgan fingerprint density at radius 1 is 1.21 bits per heavy atom. The zero-order chi connectivity index (χ0) is 17.4. The fourth-order valence-corrected chi connectivity index (χ4v) is 3.22. The van der Waals surface area contributed by atoms with Gasteiger partial charge in [-0.25, -0.2) is 4.99 Å². The number of methoxy groups -OCH3 is 1. The van der Waals surface area contributed by atoms with Crippen LogP contribution in [0.1, 0.15) is 44.9 Å². The Balaban J connectivity index is 1.90. The van der Waals surface area contributed by atoms with Gasteiger partial charge in [-0.2, -0.15) is 0 Å². The number of carbonyl (C=O) groups excluding carboxylic acids is 1. The van der Waals surface area contributed by atoms with Crippen LogP contribution in [0, 0.1) is 11.8 Å². The zero-order valence-corrected chi connectivity index (χ0v) is 15.5. The van der Waals surface area contributed by atoms with Crippen molar-refractivity contribution in [3.05, 3.63) is 0 Å². The Bertz CT molecular complexity index is 415. The number of guanidine groups is 1. The molecule has 1 atom stereocenters. The van der Waals surface area contributed by atoms with Crippen molar-refractivity contribution in [1.29, 1.82) is 0 Å². The van der Waals surface area contributed by atoms with Crippen molar-refractivity contribution in [2.75, 3.05) is 40.9 Å². The van der Waals surface area contributed by atoms with E-state index in [2.05, 4.69) is 15.6 Å². The van der Waals surface area contributed by atoms with Crippen LogP contribution in [0.25, 0.3) is 0 Å². The Kier molecular flexibility index (Phi) is 7.82. The third kappa shape index (κ3) is 6.67. The SMILES string of the molecule is COCC(NC(=NCC(=O)N(C)C)NCC1CCCCC1)C1CC1. The van der Waals surface area contributed by atoms with Crippen molar-refractivity contribution in [3.63, 3.8) is 0 Å². The van der Waals surface area contributed by atoms with E-state index in [1.54, 1.807) is 26.1 Å². The largest absolute Gasteiger partial charge is 0.383 e. The van der Waals surface area contributed by atoms with E-state index in [0.717, 1.165) is 18.4 Å². The number of nitrogens with zero attached hydrogens (tertiary/aromatic N) is 2. The Morgan fingerprint density at radius 2 is 1.92 bits per heavy atom. The molecule has 2 saturated carbocycles. The summed E-state index contributed by atoms with van der Waals surface area (Å²) in [6.45, 7) is 1.79. The topological polar surface area (TPSA) is 66.0 Å². The lowest BCUT2D eigenvalue weighted by Crippen LogP contribution is -2.48. The zero-order valence-electron chi connectivity index (χ0n) is 15.5. The molecule has 2 rings (SSSR count). The van der Waals surface area contributed by atoms with Crippen LogP contribution in [0.2, 0.25) is 0 Å². The normalized spacial score (nSPS) is 20.5. The molecule has 1 amide bonds. The number of nitrogens with one attached hydrogen (secondary N) is 2. The maximum Gasteiger partial charge on any atom is 0.243 e. The van der Waals surface area contributed by atoms with Crippen LogP contribution in [-0.4, -0.2) is 63.7 Å². The lowest BCUT2D eigenvalue weighted by atomic mass is 9.89. The third-order valence-corrected chi connectivity index (χ3v) is 5.01. The molecule has 24 heavy (non-hydrogen) atoms. The van der Waals surface area contributed by atoms with Crippen LogP contribution in [0.4, 0.5) is 0 Å². The Morgan fingerprint density at radius 3 is 2.50 bits per heavy atom. The summed E-state index contributed by atoms with van der Waals surface area (Å²) in [7, 11) is 5.26. The van der Waals surface area contributed by atoms with E-state index in [9.17, 15) is 4.79 Å². The summed E-state index contributed by atoms with van der Waals surface area (Å²) in [5.41, 5.74) is 0. The highest BCUT2D eigenvalue weighted by atomic mass is 16.5. The molecule has 0 heterocycles. The fourth-order valence-electron chi connectivity index (χ4n) is 3.22. The van der Waals surface area contributed by atoms with E-state index >= 15 is 0 Å². The maximum absolute atomic E-state index is 11.8. The first-order valence-corrected chi connectivity index (χ1v) is 9.34. The van der Waals surface area contributed by atoms with Gasteiger partial charge in [0.1, 0.15) is 6.54 Å². The van der Waals surface area contributed by atoms with Crippen LogP contribution in [0.3, 0.4) is 0 Å². The third-order valence-electron chi connectivity index (χ3n) is 5.01. The average Bonchev–Trinajstić information content (AvgIpc) is 3.42. The second-order valence-electron chi connectivity index (χ2n) is 7.38. The van der Waals surface area contributed by atoms with Crippen molar-refractivity contribution in [2.24, 2.45) is 16.8 Å². The first-order valence-electron chi connectivity index (χ1n) is 9.34. The van der Waals surface area contributed by atoms with Crippen molar-refractivity contribution in [2.45, 2.75) is 51.0 Å². The molecule has 0 saturated heterocycles. The molecule has 6 nitrogen and oxygen atoms in total. The Hall–Kier alpha value is -1.30. The molecule has 2 aliphatic carbocycles. The molecule has 138 valence electrons. The molecule has 0 aromatic heterocycles. The highest BCUT2D eigenvalue weighted by Crippen LogP contribution is 2.32. The monoisotopic (exact) mass is 338 g/mol. The van der Waals surface area contributed by atoms with Gasteiger partial charge in [-0.05, 0) is 37.5 Å². The summed E-state index contributed by atoms with van der Waals surface area (Å²) >= 11 is 0. The highest BCUT2D eigenvalue weighted by molar-refractivity contribution is 5.85. The summed E-state index contributed by atoms with van der Waals surface area (Å²) in [5, 5.41) is 6.96. The standard InChI is InChI=1S/C18H34N4O2/c1-22(2)17(23)12-20-18(19-11-14-7-5-4-6-8-14)21-16(13-24-3)15-9-10-15/h14-16H,4-13H2,1-3H3,(H2,19,20,21). The van der Waals surface area contributed by atoms with Gasteiger partial charge in [0.2, 0.25) is 5.91 Å². The number of likely N-dealkylation sites (N-methyl/N-ethyl adjacent to an activating group) is 1. The van der Waals surface area contributed by atoms with E-state index in [0.29, 0.717) is 12.5 Å². The molecule has 2 N–H and O–H groups in total. The molecule has 0 spiro atoms. The second kappa shape index (κ2) is 9.87. The number of ether oxygens (including phenoxy) is 1. The Labute approximate surface area is 146 Å². The number of carbonyl (C=O) groups is 1. The van der Waals surface area contributed by atoms with Gasteiger partial charge < -0.3 is 20.3 Å². The summed E-state index contributed by atoms with van der Waals surface area (Å²) in [4.78, 5) is 17.9. The second-order valence-corrected chi connectivity index (χ2v) is 7.38. The number of rotatable bonds is 8. The van der Waals surface area contributed by atoms with Gasteiger partial charge in [0.15, 0.2) is 5.96 Å². The lowest BCUT2D eigenvalue weighted by Gasteiger charge is -2.25. The molecule has 0 aliphatic heterocycles. The fraction of sp³-hybridized carbons (Fsp3) is 0.889. The van der Waals surface area contributed by atoms with Crippen LogP contribution in [0.5, 0.6) is 0 Å². The van der Waals surface area contributed by atoms with E-state index in [4.69, 9.17) is 4.74 Å². The summed E-state index contributed by atoms with van der Waals surface area (Å²) in [5.74, 6) is 2.15. The van der Waals surface area contributed by atoms with E-state index in [-0.39, 0.29) is 18.5 Å². The molecule has 6 heteroatoms. The average molecular weight is 338 g/mol. The molecular formula is C18H34N4O2. The predicted octanol–water partition coefficient (Wildman–Crippen LogP) is 1.62. The summed E-state index contributed by atoms with van der Waals surface area (Å²) < 4.78 is 5.34. The molecule has 1 unspecified atom stereocenters. The minimum absolute atomic E-state index is 0.0171. The number of amides is 1. The van der Waals surface area contributed by atoms with Crippen LogP contribution >= 0.6 is 0 Å². The van der Waals surface area contributed by atoms with Gasteiger partial charge in [0.05, 0.1) is 12.6 Å². The number of hydrogen-bond acceptors (Lipinski definition) is 3. The molecule has 2 aliphatic rings. The minimum Gasteiger partial charge on any atom is -0.383 e. The lowest BCUT2D eigenvalue weighted by molar-refractivity contribution is -0.127. The van der Waals surface area contributed by atoms with E-state index in [1.165, 1.54) is 44.9 Å². The smallest absolute Gasteiger partial charge is 0.243 e. The summed E-state index contributed by atoms with van der Waals surface area (Å²) in [6.07, 6.45) is 9.10. The summed E-state index contributed by atoms with van der Waals surface area (Å²) in [6, 6.07) is 0.280. The molecule has 2 fully saturated rings. The maximum atomic E-state index is 11.8. The predicted molar refractivity (Wildman–Crippen MR) is 97.1 cm³/mol. The van der Waals surface area contributed by atoms with Gasteiger partial charge in [-0.15, -0.1) is 0 Å². The van der Waals surface area contributed by atoms with E-state index < -0.39 is 0 Å². The van der Waals surface area contributed by atoms with Gasteiger partial charge >= 0.3 is 0 Å². The van der Waals surface area contributed by atoms with Crippen LogP contribution in [0.15, 0.2) is 4.99 Å². The van der Waals surface area contributed by atoms with E-state index in [1.807, 2.05) is 0 Å². The van der Waals surface area contributed by atoms with Crippen LogP contribution < -0.4 is 10.6 Å². The van der Waals surface area contributed by atoms with Crippen molar-refractivity contribution in [1.82, 2.24) is 15.5 Å². The molecule has 0 bridgehead atoms. The van der Waals surface area contributed by atoms with Gasteiger partial charge in [0, 0.05) is 27.7 Å². The van der Waals surface area contributed by atoms with Gasteiger partial charge in [0.25, 0.3) is 0 Å². The van der Waals surface area contributed by atoms with Crippen molar-refractivity contribution >= 4 is 11.9 Å². The highest BCUT2D eigenvalue weighted by Gasteiger charge is 2.32. The van der Waals surface area contributed by atoms with Gasteiger partial charge in [-0.3, -0.25) is 4.79 Å². The molecule has 0 aromatic rings. The quantitative estimate of drug-likeness (QED) is 0.521. The minimum atomic E-state index is 0.0171. The number of hydrogen-bond donors (Lipinski definition) is 2. The molecule has 0 aromatic carbocycles. The molecular weight excluding hydrogens is 304 g/mol. The first kappa shape index (κ1) is 19.0. The van der Waals surface area contributed by atoms with Crippen LogP contribution in [-0.2, 0) is 9.53 Å². The van der Waals surface area contributed by atoms with Gasteiger partial charge in [-0.1, -0.05) is 19.3 Å². The van der Waals surface area contributed by atoms with Crippen molar-refractivity contribution in [3.8, 4) is 0 Å². The number of aliphatic imine (C=N–C) groups is 1.